The summed E-state index contributed by atoms with van der Waals surface area (Å²) >= 11 is 0. The van der Waals surface area contributed by atoms with Crippen LogP contribution in [0.25, 0.3) is 33.3 Å². The van der Waals surface area contributed by atoms with Crippen molar-refractivity contribution in [2.24, 2.45) is 0 Å². The summed E-state index contributed by atoms with van der Waals surface area (Å²) in [5, 5.41) is 2.49. The Kier molecular flexibility index (Phi) is 4.22. The number of nitrogens with zero attached hydrogens (tertiary/aromatic N) is 2. The first kappa shape index (κ1) is 18.9. The summed E-state index contributed by atoms with van der Waals surface area (Å²) in [6, 6.07) is 34.7. The highest BCUT2D eigenvalue weighted by Gasteiger charge is 2.27. The van der Waals surface area contributed by atoms with E-state index in [9.17, 15) is 0 Å². The second-order valence-corrected chi connectivity index (χ2v) is 9.18. The minimum Gasteiger partial charge on any atom is -0.252 e. The lowest BCUT2D eigenvalue weighted by atomic mass is 9.84. The predicted molar refractivity (Wildman–Crippen MR) is 132 cm³/mol. The number of benzene rings is 3. The standard InChI is InChI=1S/C30H24N2/c1-30(2)28-14-6-12-26(31-28)23-10-5-8-20(17-23)16-21-18-22-9-3-4-11-24(22)25(19-21)27-13-7-15-29(30)32-27/h3-15,17-19H,16H2,1-2H3. The molecule has 0 saturated carbocycles. The number of hydrogen-bond donors (Lipinski definition) is 0. The van der Waals surface area contributed by atoms with E-state index in [0.29, 0.717) is 0 Å². The molecule has 8 bridgehead atoms. The van der Waals surface area contributed by atoms with Crippen LogP contribution >= 0.6 is 0 Å². The van der Waals surface area contributed by atoms with Crippen molar-refractivity contribution in [1.29, 1.82) is 0 Å². The molecule has 5 aromatic rings. The molecule has 32 heavy (non-hydrogen) atoms. The summed E-state index contributed by atoms with van der Waals surface area (Å²) in [7, 11) is 0. The zero-order chi connectivity index (χ0) is 21.7. The van der Waals surface area contributed by atoms with Gasteiger partial charge in [0, 0.05) is 16.5 Å². The van der Waals surface area contributed by atoms with E-state index in [-0.39, 0.29) is 5.41 Å². The van der Waals surface area contributed by atoms with E-state index in [1.807, 2.05) is 0 Å². The monoisotopic (exact) mass is 412 g/mol. The molecular weight excluding hydrogens is 388 g/mol. The maximum absolute atomic E-state index is 5.18. The van der Waals surface area contributed by atoms with Crippen molar-refractivity contribution in [3.8, 4) is 22.5 Å². The zero-order valence-electron chi connectivity index (χ0n) is 18.3. The third-order valence-electron chi connectivity index (χ3n) is 6.61. The van der Waals surface area contributed by atoms with Crippen LogP contribution in [-0.2, 0) is 11.8 Å². The van der Waals surface area contributed by atoms with Gasteiger partial charge < -0.3 is 0 Å². The van der Waals surface area contributed by atoms with Gasteiger partial charge in [0.15, 0.2) is 0 Å². The van der Waals surface area contributed by atoms with Crippen LogP contribution in [0.5, 0.6) is 0 Å². The van der Waals surface area contributed by atoms with E-state index >= 15 is 0 Å². The van der Waals surface area contributed by atoms with E-state index in [1.165, 1.54) is 27.5 Å². The molecule has 1 aliphatic heterocycles. The largest absolute Gasteiger partial charge is 0.252 e. The average molecular weight is 413 g/mol. The van der Waals surface area contributed by atoms with Crippen LogP contribution in [0.3, 0.4) is 0 Å². The van der Waals surface area contributed by atoms with E-state index in [2.05, 4.69) is 111 Å². The van der Waals surface area contributed by atoms with E-state index in [4.69, 9.17) is 9.97 Å². The van der Waals surface area contributed by atoms with Crippen LogP contribution in [0.1, 0.15) is 36.4 Å². The van der Waals surface area contributed by atoms with Gasteiger partial charge in [0.05, 0.1) is 22.8 Å². The molecule has 0 saturated heterocycles. The Morgan fingerprint density at radius 3 is 2.19 bits per heavy atom. The minimum absolute atomic E-state index is 0.318. The van der Waals surface area contributed by atoms with Crippen LogP contribution in [-0.4, -0.2) is 9.97 Å². The van der Waals surface area contributed by atoms with Gasteiger partial charge in [-0.3, -0.25) is 9.97 Å². The second kappa shape index (κ2) is 7.13. The first-order valence-corrected chi connectivity index (χ1v) is 11.1. The highest BCUT2D eigenvalue weighted by atomic mass is 14.8. The summed E-state index contributed by atoms with van der Waals surface area (Å²) in [5.41, 5.74) is 8.67. The third kappa shape index (κ3) is 3.11. The quantitative estimate of drug-likeness (QED) is 0.269. The van der Waals surface area contributed by atoms with Crippen molar-refractivity contribution in [1.82, 2.24) is 9.97 Å². The fourth-order valence-electron chi connectivity index (χ4n) is 4.77. The first-order chi connectivity index (χ1) is 15.6. The zero-order valence-corrected chi connectivity index (χ0v) is 18.3. The van der Waals surface area contributed by atoms with Crippen molar-refractivity contribution in [2.75, 3.05) is 0 Å². The van der Waals surface area contributed by atoms with Gasteiger partial charge in [0.2, 0.25) is 0 Å². The molecular formula is C30H24N2. The molecule has 0 unspecified atom stereocenters. The fourth-order valence-corrected chi connectivity index (χ4v) is 4.77. The molecule has 2 heteroatoms. The summed E-state index contributed by atoms with van der Waals surface area (Å²) < 4.78 is 0. The third-order valence-corrected chi connectivity index (χ3v) is 6.61. The second-order valence-electron chi connectivity index (χ2n) is 9.18. The summed E-state index contributed by atoms with van der Waals surface area (Å²) in [4.78, 5) is 10.3. The molecule has 0 radical (unpaired) electrons. The fraction of sp³-hybridized carbons (Fsp3) is 0.133. The van der Waals surface area contributed by atoms with E-state index < -0.39 is 0 Å². The average Bonchev–Trinajstić information content (AvgIpc) is 2.83. The Labute approximate surface area is 188 Å². The predicted octanol–water partition coefficient (Wildman–Crippen LogP) is 7.19. The maximum Gasteiger partial charge on any atom is 0.0712 e. The number of fused-ring (bicyclic) bond motifs is 12. The molecule has 154 valence electrons. The van der Waals surface area contributed by atoms with Crippen molar-refractivity contribution in [3.05, 3.63) is 120 Å². The maximum atomic E-state index is 5.18. The van der Waals surface area contributed by atoms with Crippen LogP contribution in [0.2, 0.25) is 0 Å². The summed E-state index contributed by atoms with van der Waals surface area (Å²) in [5.74, 6) is 0. The van der Waals surface area contributed by atoms with Gasteiger partial charge in [-0.25, -0.2) is 0 Å². The van der Waals surface area contributed by atoms with Gasteiger partial charge in [-0.1, -0.05) is 60.7 Å². The van der Waals surface area contributed by atoms with Gasteiger partial charge in [0.1, 0.15) is 0 Å². The first-order valence-electron chi connectivity index (χ1n) is 11.1. The lowest BCUT2D eigenvalue weighted by Crippen LogP contribution is -2.22. The molecule has 0 N–H and O–H groups in total. The molecule has 1 aliphatic rings. The lowest BCUT2D eigenvalue weighted by molar-refractivity contribution is 0.597. The van der Waals surface area contributed by atoms with Crippen molar-refractivity contribution < 1.29 is 0 Å². The molecule has 3 heterocycles. The molecule has 0 atom stereocenters. The summed E-state index contributed by atoms with van der Waals surface area (Å²) in [6.07, 6.45) is 0.872. The SMILES string of the molecule is CC1(C)c2cccc(n2)-c2cccc(c2)Cc2cc(c3ccccc3c2)-c2cccc1n2. The van der Waals surface area contributed by atoms with Crippen molar-refractivity contribution in [2.45, 2.75) is 25.7 Å². The summed E-state index contributed by atoms with van der Waals surface area (Å²) in [6.45, 7) is 4.42. The molecule has 0 fully saturated rings. The molecule has 0 amide bonds. The van der Waals surface area contributed by atoms with E-state index in [1.54, 1.807) is 0 Å². The van der Waals surface area contributed by atoms with Crippen LogP contribution in [0.15, 0.2) is 97.1 Å². The number of hydrogen-bond acceptors (Lipinski definition) is 2. The lowest BCUT2D eigenvalue weighted by Gasteiger charge is -2.25. The normalized spacial score (nSPS) is 14.1. The Morgan fingerprint density at radius 2 is 1.34 bits per heavy atom. The Balaban J connectivity index is 1.69. The van der Waals surface area contributed by atoms with Crippen molar-refractivity contribution in [3.63, 3.8) is 0 Å². The number of rotatable bonds is 0. The minimum atomic E-state index is -0.318. The molecule has 2 aromatic heterocycles. The Hall–Kier alpha value is -3.78. The molecule has 2 nitrogen and oxygen atoms in total. The highest BCUT2D eigenvalue weighted by molar-refractivity contribution is 5.96. The molecule has 0 aliphatic carbocycles. The van der Waals surface area contributed by atoms with Crippen molar-refractivity contribution >= 4 is 10.8 Å². The van der Waals surface area contributed by atoms with Gasteiger partial charge >= 0.3 is 0 Å². The van der Waals surface area contributed by atoms with Gasteiger partial charge in [-0.15, -0.1) is 0 Å². The Bertz CT molecular complexity index is 1480. The van der Waals surface area contributed by atoms with Gasteiger partial charge in [0.25, 0.3) is 0 Å². The van der Waals surface area contributed by atoms with Gasteiger partial charge in [-0.05, 0) is 78.6 Å². The molecule has 3 aromatic carbocycles. The number of pyridine rings is 2. The topological polar surface area (TPSA) is 25.8 Å². The van der Waals surface area contributed by atoms with Gasteiger partial charge in [-0.2, -0.15) is 0 Å². The number of aromatic nitrogens is 2. The Morgan fingerprint density at radius 1 is 0.625 bits per heavy atom. The smallest absolute Gasteiger partial charge is 0.0712 e. The van der Waals surface area contributed by atoms with E-state index in [0.717, 1.165) is 34.8 Å². The van der Waals surface area contributed by atoms with Crippen LogP contribution < -0.4 is 0 Å². The molecule has 0 spiro atoms. The molecule has 6 rings (SSSR count). The van der Waals surface area contributed by atoms with Crippen LogP contribution in [0, 0.1) is 0 Å². The highest BCUT2D eigenvalue weighted by Crippen LogP contribution is 2.35. The van der Waals surface area contributed by atoms with Crippen LogP contribution in [0.4, 0.5) is 0 Å².